The molecular formula is C93H65B2N3. The van der Waals surface area contributed by atoms with Gasteiger partial charge in [-0.2, -0.15) is 0 Å². The topological polar surface area (TPSA) is 9.72 Å². The number of rotatable bonds is 10. The zero-order valence-corrected chi connectivity index (χ0v) is 51.6. The highest BCUT2D eigenvalue weighted by Gasteiger charge is 2.50. The smallest absolute Gasteiger partial charge is 0.252 e. The van der Waals surface area contributed by atoms with E-state index < -0.39 is 293 Å². The molecule has 1 atom stereocenters. The Morgan fingerprint density at radius 2 is 0.582 bits per heavy atom. The lowest BCUT2D eigenvalue weighted by molar-refractivity contribution is 0.980. The highest BCUT2D eigenvalue weighted by Crippen LogP contribution is 2.55. The second-order valence-electron chi connectivity index (χ2n) is 23.9. The molecule has 1 unspecified atom stereocenters. The van der Waals surface area contributed by atoms with Crippen LogP contribution in [0.1, 0.15) is 85.8 Å². The lowest BCUT2D eigenvalue weighted by atomic mass is 9.28. The molecule has 0 saturated heterocycles. The van der Waals surface area contributed by atoms with E-state index in [1.165, 1.54) is 29.2 Å². The van der Waals surface area contributed by atoms with E-state index in [2.05, 4.69) is 0 Å². The number of para-hydroxylation sites is 5. The number of nitrogens with zero attached hydrogens (tertiary/aromatic N) is 3. The Labute approximate surface area is 628 Å². The third-order valence-electron chi connectivity index (χ3n) is 18.6. The highest BCUT2D eigenvalue weighted by molar-refractivity contribution is 7.02. The Bertz CT molecular complexity index is 7590. The maximum atomic E-state index is 10.3. The van der Waals surface area contributed by atoms with E-state index in [1.54, 1.807) is 109 Å². The summed E-state index contributed by atoms with van der Waals surface area (Å²) < 4.78 is 361. The largest absolute Gasteiger partial charge is 0.310 e. The summed E-state index contributed by atoms with van der Waals surface area (Å²) in [5, 5.41) is 0. The van der Waals surface area contributed by atoms with E-state index >= 15 is 0 Å². The van der Waals surface area contributed by atoms with Gasteiger partial charge in [0.05, 0.1) is 69.2 Å². The Kier molecular flexibility index (Phi) is 7.31. The summed E-state index contributed by atoms with van der Waals surface area (Å²) in [6, 6.07) is 0.0315. The van der Waals surface area contributed by atoms with Crippen LogP contribution in [0.2, 0.25) is 0 Å². The molecule has 4 heterocycles. The predicted octanol–water partition coefficient (Wildman–Crippen LogP) is 20.2. The maximum absolute atomic E-state index is 10.3. The van der Waals surface area contributed by atoms with Crippen LogP contribution in [0.25, 0.3) is 66.8 Å². The molecule has 4 aliphatic heterocycles. The van der Waals surface area contributed by atoms with Crippen molar-refractivity contribution in [3.8, 4) is 66.8 Å². The van der Waals surface area contributed by atoms with Crippen molar-refractivity contribution in [3.63, 3.8) is 0 Å². The van der Waals surface area contributed by atoms with Crippen molar-refractivity contribution in [2.75, 3.05) is 14.7 Å². The molecule has 4 aliphatic rings. The van der Waals surface area contributed by atoms with Gasteiger partial charge in [0.15, 0.2) is 0 Å². The molecule has 0 bridgehead atoms. The Hall–Kier alpha value is -12.2. The van der Waals surface area contributed by atoms with Gasteiger partial charge in [-0.15, -0.1) is 0 Å². The highest BCUT2D eigenvalue weighted by atomic mass is 15.2. The number of fused-ring (bicyclic) bond motifs is 8. The molecule has 458 valence electrons. The fourth-order valence-electron chi connectivity index (χ4n) is 15.0. The van der Waals surface area contributed by atoms with E-state index in [4.69, 9.17) is 8.22 Å². The van der Waals surface area contributed by atoms with E-state index in [9.17, 15) is 43.9 Å². The van der Waals surface area contributed by atoms with Crippen molar-refractivity contribution in [1.82, 2.24) is 0 Å². The summed E-state index contributed by atoms with van der Waals surface area (Å²) in [5.41, 5.74) is -3.86. The Morgan fingerprint density at radius 3 is 0.959 bits per heavy atom. The van der Waals surface area contributed by atoms with Crippen molar-refractivity contribution in [3.05, 3.63) is 379 Å². The molecule has 0 N–H and O–H groups in total. The van der Waals surface area contributed by atoms with E-state index in [0.717, 1.165) is 12.1 Å². The SMILES string of the molecule is [2H]c1cc(-c2c([2H])c([2H])c([2H])c([2H])c2[2H])c(N2c3ccccc3B3c4cc5c(cc4C(c4c([2H])c([2H])c([2H])c([2H])c4[2H])c4cc(C)cc2c43)N(c2c(-c3c([2H])c([2H])c([2H])c([2H])c3[2H])cc([2H])cc2-c2c([2H])c([2H])c([2H])c([2H])c2[2H])c2cc(C)cc3c2B5c2ccccc2N3c2c(-c3c([2H])c([2H])c([2H])c([2H])c3[2H])cc([2H])cc2-c2c([2H])c([2H])c([2H])c([2H])c2[2H])c(-c2c([2H])c([2H])c([2H])c([2H])c2[2H])c1. The molecule has 0 aromatic heterocycles. The van der Waals surface area contributed by atoms with Gasteiger partial charge in [-0.1, -0.05) is 320 Å². The van der Waals surface area contributed by atoms with Crippen LogP contribution < -0.4 is 47.5 Å². The fourth-order valence-corrected chi connectivity index (χ4v) is 15.0. The van der Waals surface area contributed by atoms with E-state index in [0.29, 0.717) is 11.0 Å². The molecule has 3 nitrogen and oxygen atoms in total. The maximum Gasteiger partial charge on any atom is 0.252 e. The van der Waals surface area contributed by atoms with Crippen LogP contribution in [-0.2, 0) is 0 Å². The van der Waals surface area contributed by atoms with Crippen LogP contribution in [0.4, 0.5) is 51.2 Å². The summed E-state index contributed by atoms with van der Waals surface area (Å²) >= 11 is 0. The molecule has 0 aliphatic carbocycles. The third-order valence-corrected chi connectivity index (χ3v) is 18.6. The minimum absolute atomic E-state index is 0.00589. The zero-order chi connectivity index (χ0) is 98.0. The lowest BCUT2D eigenvalue weighted by Crippen LogP contribution is -2.65. The van der Waals surface area contributed by atoms with Crippen molar-refractivity contribution >= 4 is 97.4 Å². The first-order valence-electron chi connectivity index (χ1n) is 50.2. The standard InChI is InChI=1S/C93H65B2N3/c1-61-55-77-88(69-43-22-9-23-44-69)76-59-84-81(60-80(76)94-78-51-24-26-53-82(78)96(85(56-61)89(77)94)91-70(63-31-10-3-11-32-63)45-28-46-71(91)64-33-12-4-13-34-64)95-79-52-25-27-54-83(79)97(92-72(65-35-14-5-15-36-65)47-29-48-73(92)66-37-16-6-17-38-66)86-57-62(2)58-87(90(86)95)98(84)93-74(67-39-18-7-19-40-67)49-30-50-75(93)68-41-20-8-21-42-68/h3-60,88H,1-2H3/i3D,4D,5D,6D,7D,8D,9D,10D,11D,12D,13D,14D,15D,16D,17D,18D,19D,20D,21D,22D,23D,28D,29D,30D,31D,32D,33D,34D,35D,36D,37D,38D,39D,40D,41D,42D,43D,44D. The molecule has 0 fully saturated rings. The summed E-state index contributed by atoms with van der Waals surface area (Å²) in [6.07, 6.45) is 0. The summed E-state index contributed by atoms with van der Waals surface area (Å²) in [5.74, 6) is -1.66. The summed E-state index contributed by atoms with van der Waals surface area (Å²) in [7, 11) is 0. The van der Waals surface area contributed by atoms with Gasteiger partial charge in [0.2, 0.25) is 6.71 Å². The Morgan fingerprint density at radius 1 is 0.265 bits per heavy atom. The van der Waals surface area contributed by atoms with Crippen molar-refractivity contribution < 1.29 is 52.1 Å². The molecule has 0 amide bonds. The molecule has 0 radical (unpaired) electrons. The van der Waals surface area contributed by atoms with Crippen molar-refractivity contribution in [2.24, 2.45) is 0 Å². The second-order valence-corrected chi connectivity index (χ2v) is 23.9. The molecule has 98 heavy (non-hydrogen) atoms. The molecule has 19 rings (SSSR count). The number of anilines is 9. The van der Waals surface area contributed by atoms with Gasteiger partial charge < -0.3 is 14.7 Å². The molecule has 15 aromatic carbocycles. The minimum atomic E-state index is -1.66. The van der Waals surface area contributed by atoms with E-state index in [1.807, 2.05) is 0 Å². The van der Waals surface area contributed by atoms with Gasteiger partial charge in [0.1, 0.15) is 0 Å². The first-order chi connectivity index (χ1) is 64.2. The summed E-state index contributed by atoms with van der Waals surface area (Å²) in [4.78, 5) is 4.70. The number of benzene rings is 15. The van der Waals surface area contributed by atoms with Gasteiger partial charge in [-0.3, -0.25) is 0 Å². The normalized spacial score (nSPS) is 19.0. The lowest BCUT2D eigenvalue weighted by Gasteiger charge is -2.47. The number of aryl methyl sites for hydroxylation is 2. The third kappa shape index (κ3) is 9.07. The predicted molar refractivity (Wildman–Crippen MR) is 416 cm³/mol. The van der Waals surface area contributed by atoms with Crippen LogP contribution in [0.15, 0.2) is 351 Å². The van der Waals surface area contributed by atoms with Crippen LogP contribution in [0.3, 0.4) is 0 Å². The van der Waals surface area contributed by atoms with Gasteiger partial charge in [-0.05, 0) is 139 Å². The second kappa shape index (κ2) is 23.3. The Balaban J connectivity index is 1.04. The fraction of sp³-hybridized carbons (Fsp3) is 0.0323. The quantitative estimate of drug-likeness (QED) is 0.126. The average molecular weight is 1280 g/mol. The summed E-state index contributed by atoms with van der Waals surface area (Å²) in [6.45, 7) is 0.742. The first-order valence-corrected chi connectivity index (χ1v) is 31.2. The average Bonchev–Trinajstić information content (AvgIpc) is 0.675. The van der Waals surface area contributed by atoms with Crippen LogP contribution >= 0.6 is 0 Å². The zero-order valence-electron chi connectivity index (χ0n) is 89.6. The molecular weight excluding hydrogens is 1180 g/mol. The number of hydrogen-bond donors (Lipinski definition) is 0. The molecule has 5 heteroatoms. The molecule has 15 aromatic rings. The van der Waals surface area contributed by atoms with E-state index in [-0.39, 0.29) is 123 Å². The van der Waals surface area contributed by atoms with Crippen LogP contribution in [0.5, 0.6) is 0 Å². The van der Waals surface area contributed by atoms with Crippen LogP contribution in [0, 0.1) is 13.8 Å². The monoisotopic (exact) mass is 1280 g/mol. The van der Waals surface area contributed by atoms with Crippen LogP contribution in [-0.4, -0.2) is 13.4 Å². The minimum Gasteiger partial charge on any atom is -0.310 e. The molecule has 0 saturated carbocycles. The van der Waals surface area contributed by atoms with Gasteiger partial charge in [0.25, 0.3) is 6.71 Å². The van der Waals surface area contributed by atoms with Gasteiger partial charge in [0, 0.05) is 73.4 Å². The van der Waals surface area contributed by atoms with Crippen molar-refractivity contribution in [1.29, 1.82) is 0 Å². The van der Waals surface area contributed by atoms with Crippen molar-refractivity contribution in [2.45, 2.75) is 19.8 Å². The van der Waals surface area contributed by atoms with Gasteiger partial charge in [-0.25, -0.2) is 0 Å². The molecule has 0 spiro atoms. The van der Waals surface area contributed by atoms with Gasteiger partial charge >= 0.3 is 0 Å². The first kappa shape index (κ1) is 30.7. The number of hydrogen-bond acceptors (Lipinski definition) is 3.